The third-order valence-corrected chi connectivity index (χ3v) is 4.14. The largest absolute Gasteiger partial charge is 0.371 e. The van der Waals surface area contributed by atoms with Crippen molar-refractivity contribution in [2.75, 3.05) is 19.7 Å². The molecular formula is C17H16ClN3O. The van der Waals surface area contributed by atoms with Gasteiger partial charge in [0.1, 0.15) is 0 Å². The maximum absolute atomic E-state index is 9.01. The van der Waals surface area contributed by atoms with Crippen LogP contribution in [0.1, 0.15) is 22.8 Å². The van der Waals surface area contributed by atoms with E-state index in [1.165, 1.54) is 0 Å². The third-order valence-electron chi connectivity index (χ3n) is 3.78. The highest BCUT2D eigenvalue weighted by Gasteiger charge is 2.22. The van der Waals surface area contributed by atoms with E-state index in [0.29, 0.717) is 12.2 Å². The van der Waals surface area contributed by atoms with E-state index >= 15 is 0 Å². The molecule has 1 saturated heterocycles. The van der Waals surface area contributed by atoms with Crippen LogP contribution in [0.4, 0.5) is 0 Å². The number of nitrogens with zero attached hydrogens (tertiary/aromatic N) is 3. The summed E-state index contributed by atoms with van der Waals surface area (Å²) in [6.07, 6.45) is 3.49. The highest BCUT2D eigenvalue weighted by atomic mass is 35.5. The highest BCUT2D eigenvalue weighted by Crippen LogP contribution is 2.25. The van der Waals surface area contributed by atoms with Crippen LogP contribution >= 0.6 is 11.6 Å². The maximum Gasteiger partial charge on any atom is 0.0991 e. The zero-order chi connectivity index (χ0) is 15.4. The van der Waals surface area contributed by atoms with Crippen molar-refractivity contribution in [2.45, 2.75) is 12.6 Å². The van der Waals surface area contributed by atoms with E-state index in [1.54, 1.807) is 12.3 Å². The Bertz CT molecular complexity index is 698. The minimum atomic E-state index is -0.0162. The number of hydrogen-bond acceptors (Lipinski definition) is 4. The summed E-state index contributed by atoms with van der Waals surface area (Å²) in [6, 6.07) is 11.6. The van der Waals surface area contributed by atoms with Crippen molar-refractivity contribution in [1.29, 1.82) is 5.26 Å². The van der Waals surface area contributed by atoms with Crippen LogP contribution in [0.15, 0.2) is 42.7 Å². The number of rotatable bonds is 3. The van der Waals surface area contributed by atoms with Gasteiger partial charge in [-0.15, -0.1) is 0 Å². The molecule has 1 aromatic heterocycles. The van der Waals surface area contributed by atoms with E-state index in [9.17, 15) is 0 Å². The zero-order valence-electron chi connectivity index (χ0n) is 12.1. The smallest absolute Gasteiger partial charge is 0.0991 e. The molecule has 1 aliphatic rings. The second kappa shape index (κ2) is 6.89. The average Bonchev–Trinajstić information content (AvgIpc) is 2.57. The standard InChI is InChI=1S/C17H16ClN3O/c18-16-4-5-20-10-15(16)11-21-6-7-22-17(12-21)14-3-1-2-13(8-14)9-19/h1-5,8,10,17H,6-7,11-12H2. The Morgan fingerprint density at radius 3 is 3.14 bits per heavy atom. The first-order valence-electron chi connectivity index (χ1n) is 7.18. The van der Waals surface area contributed by atoms with Crippen LogP contribution in [0.3, 0.4) is 0 Å². The average molecular weight is 314 g/mol. The van der Waals surface area contributed by atoms with Crippen molar-refractivity contribution in [3.63, 3.8) is 0 Å². The van der Waals surface area contributed by atoms with Gasteiger partial charge in [0.05, 0.1) is 24.3 Å². The fourth-order valence-corrected chi connectivity index (χ4v) is 2.79. The number of halogens is 1. The number of morpholine rings is 1. The van der Waals surface area contributed by atoms with Gasteiger partial charge in [0.15, 0.2) is 0 Å². The fraction of sp³-hybridized carbons (Fsp3) is 0.294. The van der Waals surface area contributed by atoms with Crippen molar-refractivity contribution in [3.8, 4) is 6.07 Å². The number of ether oxygens (including phenoxy) is 1. The summed E-state index contributed by atoms with van der Waals surface area (Å²) in [4.78, 5) is 6.43. The van der Waals surface area contributed by atoms with E-state index in [1.807, 2.05) is 30.5 Å². The SMILES string of the molecule is N#Cc1cccc(C2CN(Cc3cnccc3Cl)CCO2)c1. The van der Waals surface area contributed by atoms with E-state index in [2.05, 4.69) is 16.0 Å². The summed E-state index contributed by atoms with van der Waals surface area (Å²) >= 11 is 6.20. The molecule has 2 heterocycles. The lowest BCUT2D eigenvalue weighted by Gasteiger charge is -2.33. The van der Waals surface area contributed by atoms with Crippen molar-refractivity contribution in [1.82, 2.24) is 9.88 Å². The molecule has 1 fully saturated rings. The van der Waals surface area contributed by atoms with Gasteiger partial charge in [0.2, 0.25) is 0 Å². The van der Waals surface area contributed by atoms with Crippen LogP contribution in [0, 0.1) is 11.3 Å². The van der Waals surface area contributed by atoms with Crippen molar-refractivity contribution in [2.24, 2.45) is 0 Å². The topological polar surface area (TPSA) is 49.2 Å². The first-order chi connectivity index (χ1) is 10.8. The zero-order valence-corrected chi connectivity index (χ0v) is 12.8. The van der Waals surface area contributed by atoms with Gasteiger partial charge in [-0.05, 0) is 23.8 Å². The van der Waals surface area contributed by atoms with Gasteiger partial charge in [-0.25, -0.2) is 0 Å². The molecule has 0 N–H and O–H groups in total. The molecule has 0 radical (unpaired) electrons. The van der Waals surface area contributed by atoms with Gasteiger partial charge in [0.25, 0.3) is 0 Å². The first kappa shape index (κ1) is 15.0. The summed E-state index contributed by atoms with van der Waals surface area (Å²) < 4.78 is 5.86. The normalized spacial score (nSPS) is 18.8. The number of nitriles is 1. The molecule has 0 aliphatic carbocycles. The van der Waals surface area contributed by atoms with E-state index < -0.39 is 0 Å². The molecule has 1 atom stereocenters. The molecule has 3 rings (SSSR count). The van der Waals surface area contributed by atoms with E-state index in [0.717, 1.165) is 35.8 Å². The lowest BCUT2D eigenvalue weighted by Crippen LogP contribution is -2.37. The molecule has 0 bridgehead atoms. The highest BCUT2D eigenvalue weighted by molar-refractivity contribution is 6.31. The third kappa shape index (κ3) is 3.45. The maximum atomic E-state index is 9.01. The number of aromatic nitrogens is 1. The summed E-state index contributed by atoms with van der Waals surface area (Å²) in [5, 5.41) is 9.76. The lowest BCUT2D eigenvalue weighted by molar-refractivity contribution is -0.0329. The molecule has 4 nitrogen and oxygen atoms in total. The van der Waals surface area contributed by atoms with Gasteiger partial charge in [0, 0.05) is 42.6 Å². The van der Waals surface area contributed by atoms with Gasteiger partial charge < -0.3 is 4.74 Å². The van der Waals surface area contributed by atoms with Crippen molar-refractivity contribution in [3.05, 3.63) is 64.4 Å². The summed E-state index contributed by atoms with van der Waals surface area (Å²) in [7, 11) is 0. The van der Waals surface area contributed by atoms with Crippen LogP contribution < -0.4 is 0 Å². The molecule has 1 aromatic carbocycles. The molecule has 0 amide bonds. The Morgan fingerprint density at radius 2 is 2.32 bits per heavy atom. The monoisotopic (exact) mass is 313 g/mol. The van der Waals surface area contributed by atoms with Crippen LogP contribution in [0.5, 0.6) is 0 Å². The predicted molar refractivity (Wildman–Crippen MR) is 84.4 cm³/mol. The van der Waals surface area contributed by atoms with E-state index in [4.69, 9.17) is 21.6 Å². The van der Waals surface area contributed by atoms with Gasteiger partial charge in [-0.1, -0.05) is 23.7 Å². The van der Waals surface area contributed by atoms with Gasteiger partial charge in [-0.3, -0.25) is 9.88 Å². The van der Waals surface area contributed by atoms with Crippen LogP contribution in [0.2, 0.25) is 5.02 Å². The van der Waals surface area contributed by atoms with Crippen LogP contribution in [0.25, 0.3) is 0 Å². The Morgan fingerprint density at radius 1 is 1.41 bits per heavy atom. The Balaban J connectivity index is 1.71. The summed E-state index contributed by atoms with van der Waals surface area (Å²) in [6.45, 7) is 3.06. The lowest BCUT2D eigenvalue weighted by atomic mass is 10.0. The summed E-state index contributed by atoms with van der Waals surface area (Å²) in [5.74, 6) is 0. The van der Waals surface area contributed by atoms with E-state index in [-0.39, 0.29) is 6.10 Å². The van der Waals surface area contributed by atoms with Crippen molar-refractivity contribution < 1.29 is 4.74 Å². The Kier molecular flexibility index (Phi) is 4.69. The molecular weight excluding hydrogens is 298 g/mol. The molecule has 2 aromatic rings. The Labute approximate surface area is 134 Å². The van der Waals surface area contributed by atoms with Gasteiger partial charge in [-0.2, -0.15) is 5.26 Å². The molecule has 1 unspecified atom stereocenters. The minimum Gasteiger partial charge on any atom is -0.371 e. The summed E-state index contributed by atoms with van der Waals surface area (Å²) in [5.41, 5.74) is 2.73. The number of hydrogen-bond donors (Lipinski definition) is 0. The van der Waals surface area contributed by atoms with Crippen LogP contribution in [-0.2, 0) is 11.3 Å². The molecule has 112 valence electrons. The minimum absolute atomic E-state index is 0.0162. The van der Waals surface area contributed by atoms with Crippen LogP contribution in [-0.4, -0.2) is 29.6 Å². The Hall–Kier alpha value is -1.93. The second-order valence-corrected chi connectivity index (χ2v) is 5.71. The molecule has 5 heteroatoms. The first-order valence-corrected chi connectivity index (χ1v) is 7.56. The molecule has 0 saturated carbocycles. The molecule has 1 aliphatic heterocycles. The number of pyridine rings is 1. The fourth-order valence-electron chi connectivity index (χ4n) is 2.62. The molecule has 22 heavy (non-hydrogen) atoms. The predicted octanol–water partition coefficient (Wildman–Crippen LogP) is 3.18. The second-order valence-electron chi connectivity index (χ2n) is 5.30. The van der Waals surface area contributed by atoms with Gasteiger partial charge >= 0.3 is 0 Å². The quantitative estimate of drug-likeness (QED) is 0.873. The molecule has 0 spiro atoms. The van der Waals surface area contributed by atoms with Crippen molar-refractivity contribution >= 4 is 11.6 Å². The number of benzene rings is 1.